The van der Waals surface area contributed by atoms with Crippen molar-refractivity contribution in [2.45, 2.75) is 25.7 Å². The number of para-hydroxylation sites is 1. The van der Waals surface area contributed by atoms with Crippen LogP contribution in [0, 0.1) is 0 Å². The minimum Gasteiger partial charge on any atom is -0.298 e. The van der Waals surface area contributed by atoms with Crippen LogP contribution in [0.5, 0.6) is 0 Å². The lowest BCUT2D eigenvalue weighted by Crippen LogP contribution is -2.29. The van der Waals surface area contributed by atoms with Crippen molar-refractivity contribution < 1.29 is 0 Å². The molecule has 0 spiro atoms. The van der Waals surface area contributed by atoms with Gasteiger partial charge in [0.1, 0.15) is 5.84 Å². The van der Waals surface area contributed by atoms with Gasteiger partial charge < -0.3 is 0 Å². The maximum Gasteiger partial charge on any atom is 0.115 e. The highest BCUT2D eigenvalue weighted by molar-refractivity contribution is 6.33. The summed E-state index contributed by atoms with van der Waals surface area (Å²) in [6, 6.07) is 7.66. The highest BCUT2D eigenvalue weighted by Crippen LogP contribution is 2.19. The SMILES string of the molecule is Clc1ccccc1NNC1=NCCCCC1. The molecule has 16 heavy (non-hydrogen) atoms. The molecule has 1 aliphatic rings. The van der Waals surface area contributed by atoms with Crippen LogP contribution in [0.3, 0.4) is 0 Å². The van der Waals surface area contributed by atoms with E-state index in [1.165, 1.54) is 19.3 Å². The van der Waals surface area contributed by atoms with E-state index in [2.05, 4.69) is 15.8 Å². The Labute approximate surface area is 101 Å². The number of hydrogen-bond donors (Lipinski definition) is 2. The van der Waals surface area contributed by atoms with Gasteiger partial charge in [0.25, 0.3) is 0 Å². The molecule has 0 aliphatic carbocycles. The standard InChI is InChI=1S/C12H16ClN3/c13-10-6-3-4-7-11(10)15-16-12-8-2-1-5-9-14-12/h3-4,6-7,15H,1-2,5,8-9H2,(H,14,16). The number of benzene rings is 1. The second-order valence-corrected chi connectivity index (χ2v) is 4.28. The maximum atomic E-state index is 6.03. The first-order valence-corrected chi connectivity index (χ1v) is 6.04. The molecule has 0 radical (unpaired) electrons. The van der Waals surface area contributed by atoms with Crippen LogP contribution in [0.1, 0.15) is 25.7 Å². The Kier molecular flexibility index (Phi) is 4.05. The van der Waals surface area contributed by atoms with E-state index in [1.807, 2.05) is 24.3 Å². The van der Waals surface area contributed by atoms with Gasteiger partial charge in [-0.05, 0) is 25.0 Å². The molecule has 1 aromatic rings. The molecular formula is C12H16ClN3. The summed E-state index contributed by atoms with van der Waals surface area (Å²) < 4.78 is 0. The molecule has 86 valence electrons. The summed E-state index contributed by atoms with van der Waals surface area (Å²) in [6.07, 6.45) is 4.67. The van der Waals surface area contributed by atoms with Crippen molar-refractivity contribution >= 4 is 23.1 Å². The van der Waals surface area contributed by atoms with Crippen molar-refractivity contribution in [2.24, 2.45) is 4.99 Å². The van der Waals surface area contributed by atoms with Gasteiger partial charge in [-0.15, -0.1) is 0 Å². The Bertz CT molecular complexity index is 376. The summed E-state index contributed by atoms with van der Waals surface area (Å²) in [5.41, 5.74) is 7.12. The Balaban J connectivity index is 1.91. The number of anilines is 1. The zero-order valence-corrected chi connectivity index (χ0v) is 9.93. The van der Waals surface area contributed by atoms with Crippen molar-refractivity contribution in [2.75, 3.05) is 12.0 Å². The Morgan fingerprint density at radius 3 is 2.81 bits per heavy atom. The number of hydrogen-bond acceptors (Lipinski definition) is 3. The lowest BCUT2D eigenvalue weighted by molar-refractivity contribution is 0.729. The summed E-state index contributed by atoms with van der Waals surface area (Å²) in [5, 5.41) is 0.712. The first-order valence-electron chi connectivity index (χ1n) is 5.66. The molecule has 1 heterocycles. The highest BCUT2D eigenvalue weighted by Gasteiger charge is 2.04. The van der Waals surface area contributed by atoms with E-state index in [9.17, 15) is 0 Å². The fourth-order valence-electron chi connectivity index (χ4n) is 1.68. The van der Waals surface area contributed by atoms with Crippen LogP contribution >= 0.6 is 11.6 Å². The molecule has 0 fully saturated rings. The maximum absolute atomic E-state index is 6.03. The van der Waals surface area contributed by atoms with Crippen molar-refractivity contribution in [3.8, 4) is 0 Å². The molecule has 4 heteroatoms. The van der Waals surface area contributed by atoms with Crippen molar-refractivity contribution in [1.29, 1.82) is 0 Å². The summed E-state index contributed by atoms with van der Waals surface area (Å²) in [5.74, 6) is 1.03. The van der Waals surface area contributed by atoms with Gasteiger partial charge in [-0.3, -0.25) is 15.8 Å². The summed E-state index contributed by atoms with van der Waals surface area (Å²) in [6.45, 7) is 0.923. The number of nitrogens with one attached hydrogen (secondary N) is 2. The van der Waals surface area contributed by atoms with E-state index in [-0.39, 0.29) is 0 Å². The van der Waals surface area contributed by atoms with E-state index in [0.29, 0.717) is 5.02 Å². The third kappa shape index (κ3) is 3.14. The fraction of sp³-hybridized carbons (Fsp3) is 0.417. The second-order valence-electron chi connectivity index (χ2n) is 3.87. The normalized spacial score (nSPS) is 16.2. The predicted molar refractivity (Wildman–Crippen MR) is 69.0 cm³/mol. The molecule has 0 saturated heterocycles. The van der Waals surface area contributed by atoms with Crippen LogP contribution in [-0.2, 0) is 0 Å². The van der Waals surface area contributed by atoms with Gasteiger partial charge in [0.15, 0.2) is 0 Å². The van der Waals surface area contributed by atoms with Crippen molar-refractivity contribution in [3.05, 3.63) is 29.3 Å². The smallest absolute Gasteiger partial charge is 0.115 e. The van der Waals surface area contributed by atoms with Gasteiger partial charge in [-0.2, -0.15) is 0 Å². The molecule has 0 atom stereocenters. The third-order valence-corrected chi connectivity index (χ3v) is 2.92. The molecule has 3 nitrogen and oxygen atoms in total. The number of aliphatic imine (C=N–C) groups is 1. The van der Waals surface area contributed by atoms with Gasteiger partial charge in [0.2, 0.25) is 0 Å². The van der Waals surface area contributed by atoms with Crippen LogP contribution in [0.4, 0.5) is 5.69 Å². The average molecular weight is 238 g/mol. The summed E-state index contributed by atoms with van der Waals surface area (Å²) >= 11 is 6.03. The van der Waals surface area contributed by atoms with E-state index >= 15 is 0 Å². The van der Waals surface area contributed by atoms with Gasteiger partial charge in [0, 0.05) is 13.0 Å². The van der Waals surface area contributed by atoms with Crippen LogP contribution in [0.25, 0.3) is 0 Å². The summed E-state index contributed by atoms with van der Waals surface area (Å²) in [4.78, 5) is 4.47. The molecule has 0 unspecified atom stereocenters. The lowest BCUT2D eigenvalue weighted by Gasteiger charge is -2.12. The molecule has 1 aromatic carbocycles. The number of rotatable bonds is 2. The molecule has 2 N–H and O–H groups in total. The second kappa shape index (κ2) is 5.75. The molecule has 0 saturated carbocycles. The van der Waals surface area contributed by atoms with Crippen LogP contribution in [0.15, 0.2) is 29.3 Å². The molecule has 0 amide bonds. The van der Waals surface area contributed by atoms with E-state index in [4.69, 9.17) is 11.6 Å². The zero-order chi connectivity index (χ0) is 11.2. The third-order valence-electron chi connectivity index (χ3n) is 2.59. The van der Waals surface area contributed by atoms with Crippen molar-refractivity contribution in [3.63, 3.8) is 0 Å². The monoisotopic (exact) mass is 237 g/mol. The average Bonchev–Trinajstić information content (AvgIpc) is 2.56. The Morgan fingerprint density at radius 1 is 1.06 bits per heavy atom. The molecule has 0 bridgehead atoms. The van der Waals surface area contributed by atoms with E-state index in [0.717, 1.165) is 24.5 Å². The minimum atomic E-state index is 0.712. The minimum absolute atomic E-state index is 0.712. The first kappa shape index (κ1) is 11.3. The highest BCUT2D eigenvalue weighted by atomic mass is 35.5. The number of hydrazine groups is 1. The quantitative estimate of drug-likeness (QED) is 0.775. The lowest BCUT2D eigenvalue weighted by atomic mass is 10.2. The number of nitrogens with zero attached hydrogens (tertiary/aromatic N) is 1. The number of halogens is 1. The Morgan fingerprint density at radius 2 is 1.94 bits per heavy atom. The van der Waals surface area contributed by atoms with Crippen LogP contribution < -0.4 is 10.9 Å². The summed E-state index contributed by atoms with van der Waals surface area (Å²) in [7, 11) is 0. The zero-order valence-electron chi connectivity index (χ0n) is 9.17. The van der Waals surface area contributed by atoms with Crippen LogP contribution in [0.2, 0.25) is 5.02 Å². The topological polar surface area (TPSA) is 36.4 Å². The molecule has 1 aliphatic heterocycles. The fourth-order valence-corrected chi connectivity index (χ4v) is 1.86. The van der Waals surface area contributed by atoms with E-state index < -0.39 is 0 Å². The van der Waals surface area contributed by atoms with Gasteiger partial charge >= 0.3 is 0 Å². The molecule has 0 aromatic heterocycles. The van der Waals surface area contributed by atoms with Gasteiger partial charge in [-0.1, -0.05) is 30.2 Å². The first-order chi connectivity index (χ1) is 7.86. The van der Waals surface area contributed by atoms with Gasteiger partial charge in [-0.25, -0.2) is 0 Å². The van der Waals surface area contributed by atoms with E-state index in [1.54, 1.807) is 0 Å². The van der Waals surface area contributed by atoms with Crippen molar-refractivity contribution in [1.82, 2.24) is 5.43 Å². The number of amidine groups is 1. The largest absolute Gasteiger partial charge is 0.298 e. The molecule has 2 rings (SSSR count). The Hall–Kier alpha value is -1.22. The van der Waals surface area contributed by atoms with Gasteiger partial charge in [0.05, 0.1) is 10.7 Å². The predicted octanol–water partition coefficient (Wildman–Crippen LogP) is 3.23. The van der Waals surface area contributed by atoms with Crippen LogP contribution in [-0.4, -0.2) is 12.4 Å². The molecular weight excluding hydrogens is 222 g/mol.